The lowest BCUT2D eigenvalue weighted by atomic mass is 9.98. The zero-order valence-corrected chi connectivity index (χ0v) is 14.1. The molecule has 126 valence electrons. The summed E-state index contributed by atoms with van der Waals surface area (Å²) in [4.78, 5) is 23.9. The number of ether oxygens (including phenoxy) is 1. The number of hydrogen-bond acceptors (Lipinski definition) is 3. The number of esters is 2. The molecule has 1 aliphatic rings. The standard InChI is InChI=1S/C19H32O3/c1-2-3-4-11-14-17-15-12-9-7-5-6-8-10-13-16-18(20)22-19(17)21/h11,14,17H,2-10,12-13,15-16H2,1H3/b14-11-. The monoisotopic (exact) mass is 308 g/mol. The molecule has 1 aliphatic heterocycles. The summed E-state index contributed by atoms with van der Waals surface area (Å²) < 4.78 is 5.04. The van der Waals surface area contributed by atoms with Crippen LogP contribution in [0.1, 0.15) is 90.4 Å². The van der Waals surface area contributed by atoms with E-state index in [1.807, 2.05) is 6.08 Å². The Bertz CT molecular complexity index is 347. The molecule has 0 N–H and O–H groups in total. The van der Waals surface area contributed by atoms with Gasteiger partial charge in [-0.15, -0.1) is 0 Å². The lowest BCUT2D eigenvalue weighted by Crippen LogP contribution is -2.20. The van der Waals surface area contributed by atoms with E-state index in [9.17, 15) is 9.59 Å². The van der Waals surface area contributed by atoms with Gasteiger partial charge in [0.2, 0.25) is 0 Å². The minimum atomic E-state index is -0.353. The zero-order chi connectivity index (χ0) is 16.0. The Morgan fingerprint density at radius 3 is 2.32 bits per heavy atom. The van der Waals surface area contributed by atoms with Crippen molar-refractivity contribution in [2.24, 2.45) is 5.92 Å². The zero-order valence-electron chi connectivity index (χ0n) is 14.1. The number of unbranched alkanes of at least 4 members (excludes halogenated alkanes) is 2. The molecule has 1 heterocycles. The third-order valence-electron chi connectivity index (χ3n) is 4.26. The molecule has 1 unspecified atom stereocenters. The van der Waals surface area contributed by atoms with Gasteiger partial charge >= 0.3 is 11.9 Å². The fourth-order valence-electron chi connectivity index (χ4n) is 2.81. The van der Waals surface area contributed by atoms with Gasteiger partial charge in [-0.2, -0.15) is 0 Å². The smallest absolute Gasteiger partial charge is 0.320 e. The van der Waals surface area contributed by atoms with Gasteiger partial charge in [0.1, 0.15) is 0 Å². The van der Waals surface area contributed by atoms with Crippen LogP contribution in [-0.2, 0) is 14.3 Å². The summed E-state index contributed by atoms with van der Waals surface area (Å²) in [5.41, 5.74) is 0. The second-order valence-corrected chi connectivity index (χ2v) is 6.34. The van der Waals surface area contributed by atoms with Crippen molar-refractivity contribution in [2.75, 3.05) is 0 Å². The molecule has 0 aromatic heterocycles. The van der Waals surface area contributed by atoms with Gasteiger partial charge in [-0.3, -0.25) is 9.59 Å². The minimum absolute atomic E-state index is 0.247. The van der Waals surface area contributed by atoms with E-state index in [1.54, 1.807) is 0 Å². The first-order valence-corrected chi connectivity index (χ1v) is 9.15. The summed E-state index contributed by atoms with van der Waals surface area (Å²) in [7, 11) is 0. The molecule has 0 saturated carbocycles. The topological polar surface area (TPSA) is 43.4 Å². The van der Waals surface area contributed by atoms with E-state index < -0.39 is 0 Å². The van der Waals surface area contributed by atoms with Crippen LogP contribution in [0.2, 0.25) is 0 Å². The predicted molar refractivity (Wildman–Crippen MR) is 89.4 cm³/mol. The van der Waals surface area contributed by atoms with Gasteiger partial charge in [0.05, 0.1) is 5.92 Å². The lowest BCUT2D eigenvalue weighted by Gasteiger charge is -2.12. The largest absolute Gasteiger partial charge is 0.393 e. The maximum absolute atomic E-state index is 12.2. The average Bonchev–Trinajstić information content (AvgIpc) is 2.50. The van der Waals surface area contributed by atoms with Crippen molar-refractivity contribution in [3.8, 4) is 0 Å². The number of carbonyl (C=O) groups is 2. The third kappa shape index (κ3) is 9.01. The average molecular weight is 308 g/mol. The number of hydrogen-bond donors (Lipinski definition) is 0. The lowest BCUT2D eigenvalue weighted by molar-refractivity contribution is -0.161. The second-order valence-electron chi connectivity index (χ2n) is 6.34. The molecule has 0 aromatic rings. The maximum Gasteiger partial charge on any atom is 0.320 e. The highest BCUT2D eigenvalue weighted by Gasteiger charge is 2.20. The van der Waals surface area contributed by atoms with Crippen LogP contribution >= 0.6 is 0 Å². The fourth-order valence-corrected chi connectivity index (χ4v) is 2.81. The van der Waals surface area contributed by atoms with Gasteiger partial charge in [0.25, 0.3) is 0 Å². The normalized spacial score (nSPS) is 23.2. The summed E-state index contributed by atoms with van der Waals surface area (Å²) in [5, 5.41) is 0. The van der Waals surface area contributed by atoms with Crippen molar-refractivity contribution in [3.05, 3.63) is 12.2 Å². The molecule has 1 fully saturated rings. The Labute approximate surface area is 135 Å². The molecule has 0 radical (unpaired) electrons. The van der Waals surface area contributed by atoms with E-state index in [-0.39, 0.29) is 17.9 Å². The number of carbonyl (C=O) groups excluding carboxylic acids is 2. The van der Waals surface area contributed by atoms with Crippen LogP contribution in [-0.4, -0.2) is 11.9 Å². The van der Waals surface area contributed by atoms with E-state index in [2.05, 4.69) is 13.0 Å². The number of allylic oxidation sites excluding steroid dienone is 1. The highest BCUT2D eigenvalue weighted by molar-refractivity contribution is 5.87. The molecule has 0 spiro atoms. The molecule has 3 nitrogen and oxygen atoms in total. The van der Waals surface area contributed by atoms with E-state index in [4.69, 9.17) is 4.74 Å². The summed E-state index contributed by atoms with van der Waals surface area (Å²) in [6.07, 6.45) is 17.5. The van der Waals surface area contributed by atoms with E-state index in [1.165, 1.54) is 32.1 Å². The quantitative estimate of drug-likeness (QED) is 0.305. The third-order valence-corrected chi connectivity index (χ3v) is 4.26. The van der Waals surface area contributed by atoms with E-state index in [0.29, 0.717) is 6.42 Å². The SMILES string of the molecule is CCCC/C=C\C1CCCCCCCCCCC(=O)OC1=O. The molecule has 0 aliphatic carbocycles. The Morgan fingerprint density at radius 2 is 1.64 bits per heavy atom. The van der Waals surface area contributed by atoms with Crippen molar-refractivity contribution in [1.29, 1.82) is 0 Å². The van der Waals surface area contributed by atoms with Crippen LogP contribution in [0.15, 0.2) is 12.2 Å². The van der Waals surface area contributed by atoms with Crippen LogP contribution in [0.4, 0.5) is 0 Å². The van der Waals surface area contributed by atoms with Crippen molar-refractivity contribution >= 4 is 11.9 Å². The van der Waals surface area contributed by atoms with Crippen molar-refractivity contribution in [2.45, 2.75) is 90.4 Å². The molecular weight excluding hydrogens is 276 g/mol. The first-order valence-electron chi connectivity index (χ1n) is 9.15. The van der Waals surface area contributed by atoms with Crippen molar-refractivity contribution < 1.29 is 14.3 Å². The maximum atomic E-state index is 12.2. The highest BCUT2D eigenvalue weighted by Crippen LogP contribution is 2.18. The number of rotatable bonds is 4. The first kappa shape index (κ1) is 18.9. The Hall–Kier alpha value is -1.12. The summed E-state index contributed by atoms with van der Waals surface area (Å²) in [6.45, 7) is 2.16. The minimum Gasteiger partial charge on any atom is -0.393 e. The summed E-state index contributed by atoms with van der Waals surface area (Å²) in [5.74, 6) is -0.951. The molecule has 0 amide bonds. The predicted octanol–water partition coefficient (Wildman–Crippen LogP) is 5.33. The Balaban J connectivity index is 2.54. The van der Waals surface area contributed by atoms with Crippen LogP contribution in [0.25, 0.3) is 0 Å². The fraction of sp³-hybridized carbons (Fsp3) is 0.789. The molecule has 22 heavy (non-hydrogen) atoms. The van der Waals surface area contributed by atoms with Crippen molar-refractivity contribution in [3.63, 3.8) is 0 Å². The molecule has 1 saturated heterocycles. The first-order chi connectivity index (χ1) is 10.7. The van der Waals surface area contributed by atoms with E-state index >= 15 is 0 Å². The van der Waals surface area contributed by atoms with Gasteiger partial charge in [0.15, 0.2) is 0 Å². The van der Waals surface area contributed by atoms with Crippen LogP contribution in [0, 0.1) is 5.92 Å². The van der Waals surface area contributed by atoms with Gasteiger partial charge < -0.3 is 4.74 Å². The molecule has 1 rings (SSSR count). The molecule has 0 bridgehead atoms. The van der Waals surface area contributed by atoms with Gasteiger partial charge in [-0.1, -0.05) is 76.9 Å². The number of cyclic esters (lactones) is 2. The van der Waals surface area contributed by atoms with Crippen LogP contribution in [0.3, 0.4) is 0 Å². The van der Waals surface area contributed by atoms with Gasteiger partial charge in [-0.05, 0) is 19.3 Å². The Kier molecular flexibility index (Phi) is 10.7. The van der Waals surface area contributed by atoms with Crippen LogP contribution in [0.5, 0.6) is 0 Å². The van der Waals surface area contributed by atoms with E-state index in [0.717, 1.165) is 44.9 Å². The molecular formula is C19H32O3. The van der Waals surface area contributed by atoms with Gasteiger partial charge in [0, 0.05) is 6.42 Å². The summed E-state index contributed by atoms with van der Waals surface area (Å²) in [6, 6.07) is 0. The summed E-state index contributed by atoms with van der Waals surface area (Å²) >= 11 is 0. The van der Waals surface area contributed by atoms with Crippen molar-refractivity contribution in [1.82, 2.24) is 0 Å². The molecule has 1 atom stereocenters. The second kappa shape index (κ2) is 12.4. The van der Waals surface area contributed by atoms with Crippen LogP contribution < -0.4 is 0 Å². The van der Waals surface area contributed by atoms with Gasteiger partial charge in [-0.25, -0.2) is 0 Å². The Morgan fingerprint density at radius 1 is 1.00 bits per heavy atom. The molecule has 0 aromatic carbocycles. The molecule has 3 heteroatoms. The highest BCUT2D eigenvalue weighted by atomic mass is 16.6.